The van der Waals surface area contributed by atoms with Crippen LogP contribution in [-0.2, 0) is 49.8 Å². The van der Waals surface area contributed by atoms with Gasteiger partial charge in [0.25, 0.3) is 6.47 Å². The molecule has 7 aromatic carbocycles. The minimum Gasteiger partial charge on any atom is -1.00 e. The molecule has 0 amide bonds. The van der Waals surface area contributed by atoms with E-state index < -0.39 is 21.6 Å². The molecule has 2 N–H and O–H groups in total. The molecule has 2 unspecified atom stereocenters. The van der Waals surface area contributed by atoms with Gasteiger partial charge in [0.2, 0.25) is 0 Å². The van der Waals surface area contributed by atoms with Crippen molar-refractivity contribution in [2.75, 3.05) is 30.1 Å². The van der Waals surface area contributed by atoms with Gasteiger partial charge in [0, 0.05) is 71.9 Å². The molecule has 0 radical (unpaired) electrons. The van der Waals surface area contributed by atoms with Crippen molar-refractivity contribution < 1.29 is 188 Å². The maximum absolute atomic E-state index is 12.0. The van der Waals surface area contributed by atoms with Crippen molar-refractivity contribution in [3.63, 3.8) is 0 Å². The first-order valence-corrected chi connectivity index (χ1v) is 37.1. The Morgan fingerprint density at radius 1 is 0.515 bits per heavy atom. The van der Waals surface area contributed by atoms with Gasteiger partial charge in [0.05, 0.1) is 88.5 Å². The van der Waals surface area contributed by atoms with Gasteiger partial charge < -0.3 is 62.2 Å². The molecule has 0 saturated heterocycles. The van der Waals surface area contributed by atoms with Gasteiger partial charge in [0.1, 0.15) is 30.0 Å². The second kappa shape index (κ2) is 41.2. The number of aromatic hydroxyl groups is 2. The molecule has 0 aliphatic heterocycles. The van der Waals surface area contributed by atoms with Gasteiger partial charge >= 0.3 is 103 Å². The molecule has 0 aliphatic carbocycles. The Hall–Kier alpha value is -4.78. The number of ether oxygens (including phenoxy) is 2. The Labute approximate surface area is 688 Å². The van der Waals surface area contributed by atoms with Crippen LogP contribution in [0, 0.1) is 0 Å². The van der Waals surface area contributed by atoms with E-state index in [-0.39, 0.29) is 128 Å². The quantitative estimate of drug-likeness (QED) is 0.0317. The predicted octanol–water partition coefficient (Wildman–Crippen LogP) is 13.3. The zero-order valence-corrected chi connectivity index (χ0v) is 68.3. The maximum atomic E-state index is 12.0. The number of furan rings is 7. The number of para-hydroxylation sites is 1. The van der Waals surface area contributed by atoms with Gasteiger partial charge in [-0.1, -0.05) is 52.3 Å². The molecule has 494 valence electrons. The molecule has 7 heterocycles. The molecule has 2 atom stereocenters. The summed E-state index contributed by atoms with van der Waals surface area (Å²) in [6, 6.07) is 41.2. The van der Waals surface area contributed by atoms with E-state index in [1.807, 2.05) is 104 Å². The number of fused-ring (bicyclic) bond motifs is 7. The molecule has 7 aromatic heterocycles. The molecule has 0 bridgehead atoms. The number of thioether (sulfide) groups is 2. The summed E-state index contributed by atoms with van der Waals surface area (Å²) in [5, 5.41) is 35.4. The van der Waals surface area contributed by atoms with Crippen LogP contribution in [0.3, 0.4) is 0 Å². The minimum atomic E-state index is -1.07. The van der Waals surface area contributed by atoms with E-state index >= 15 is 0 Å². The number of hydrogen-bond donors (Lipinski definition) is 2. The monoisotopic (exact) mass is 1690 g/mol. The number of halogens is 4. The number of phenols is 2. The van der Waals surface area contributed by atoms with Crippen LogP contribution in [0.25, 0.3) is 82.9 Å². The van der Waals surface area contributed by atoms with Crippen molar-refractivity contribution in [3.05, 3.63) is 228 Å². The molecule has 14 aromatic rings. The predicted molar refractivity (Wildman–Crippen MR) is 388 cm³/mol. The number of hydrogen-bond acceptors (Lipinski definition) is 20. The molecular weight excluding hydrogens is 1640 g/mol. The summed E-state index contributed by atoms with van der Waals surface area (Å²) in [6.45, 7) is 0.505. The van der Waals surface area contributed by atoms with E-state index in [9.17, 15) is 23.1 Å². The van der Waals surface area contributed by atoms with Crippen molar-refractivity contribution in [1.82, 2.24) is 0 Å². The van der Waals surface area contributed by atoms with E-state index in [1.165, 1.54) is 23.6 Å². The molecule has 28 heteroatoms. The zero-order chi connectivity index (χ0) is 68.0. The molecule has 0 spiro atoms. The van der Waals surface area contributed by atoms with Crippen molar-refractivity contribution >= 4 is 211 Å². The molecule has 97 heavy (non-hydrogen) atoms. The summed E-state index contributed by atoms with van der Waals surface area (Å²) in [5.74, 6) is 1.21. The first-order chi connectivity index (χ1) is 46.0. The Balaban J connectivity index is 0.000000222. The van der Waals surface area contributed by atoms with Crippen LogP contribution < -0.4 is 118 Å². The van der Waals surface area contributed by atoms with Gasteiger partial charge in [-0.3, -0.25) is 22.8 Å². The number of aldehydes is 2. The number of carbonyl (C=O) groups is 3. The van der Waals surface area contributed by atoms with Crippen LogP contribution in [0.4, 0.5) is 0 Å². The van der Waals surface area contributed by atoms with E-state index in [0.717, 1.165) is 105 Å². The smallest absolute Gasteiger partial charge is 1.00 e. The van der Waals surface area contributed by atoms with E-state index in [0.29, 0.717) is 58.9 Å². The standard InChI is InChI=1S/C21H17BrO4S2.C18H11BrO4.C9H6Br2O.C9H6O3.C8H6O2.C3H8OS2.CH2O3.2K.H/c1-27-18(28(2)23)11-15-4-3-14-5-7-25-20(14)21(15)26-12-13-9-16-6-8-24-19(16)17(22)10-13;19-15-8-11(7-13-4-6-21-16(13)15)10-23-18-14(9-20)2-1-12-3-5-22-17(12)18;10-5-6-3-7-1-2-12-9(7)8(11)4-6;10-5-7-2-1-6-3-4-12-9(6)8(7)11;9-7-3-1-2-6-4-5-10-8(6)7;1-5-3-6(2)4;2-1-4-3;;;/h3-11H,12H2,1-2H3;1-9H,10H2;1-4H,5H2;1-5,11H;1-5,9H;3H2,1-2H3;1,3H;;;/q;;;;;;;2*+1;-1/p-1/b18-11+;;;;;;;;;. The summed E-state index contributed by atoms with van der Waals surface area (Å²) in [5.41, 5.74) is 9.48. The van der Waals surface area contributed by atoms with Crippen molar-refractivity contribution in [2.45, 2.75) is 18.5 Å². The number of alkyl halides is 1. The largest absolute Gasteiger partial charge is 1.00 e. The van der Waals surface area contributed by atoms with Crippen molar-refractivity contribution in [2.24, 2.45) is 0 Å². The molecule has 0 aliphatic rings. The third-order valence-corrected chi connectivity index (χ3v) is 20.3. The van der Waals surface area contributed by atoms with Gasteiger partial charge in [0.15, 0.2) is 57.9 Å². The van der Waals surface area contributed by atoms with Crippen LogP contribution in [-0.4, -0.2) is 67.8 Å². The fraction of sp³-hybridized carbons (Fsp3) is 0.116. The van der Waals surface area contributed by atoms with E-state index in [2.05, 4.69) is 80.7 Å². The Morgan fingerprint density at radius 2 is 0.897 bits per heavy atom. The Morgan fingerprint density at radius 3 is 1.30 bits per heavy atom. The SMILES string of the molecule is BrCc1cc(Br)c2occc2c1.CS/C(=C\c1ccc2ccoc2c1OCc1cc(Br)c2occc2c1)S(C)=O.CSCS(C)=O.O=CO[O-].O=Cc1ccc2ccoc2c1O.O=Cc1ccc2ccoc2c1OCc1cc(Br)c2occc2c1.Oc1cccc2ccoc12.[H-].[K+].[K+]. The molecule has 0 fully saturated rings. The van der Waals surface area contributed by atoms with Crippen LogP contribution in [0.1, 0.15) is 44.4 Å². The number of phenolic OH excluding ortho intramolecular Hbond substituents is 2. The zero-order valence-electron chi connectivity index (χ0n) is 53.5. The second-order valence-corrected chi connectivity index (χ2v) is 27.8. The van der Waals surface area contributed by atoms with Crippen LogP contribution in [0.5, 0.6) is 23.0 Å². The summed E-state index contributed by atoms with van der Waals surface area (Å²) >= 11 is 17.0. The van der Waals surface area contributed by atoms with Gasteiger partial charge in [-0.05, 0) is 180 Å². The summed E-state index contributed by atoms with van der Waals surface area (Å²) < 4.78 is 75.0. The van der Waals surface area contributed by atoms with E-state index in [4.69, 9.17) is 55.6 Å². The van der Waals surface area contributed by atoms with Crippen LogP contribution in [0.2, 0.25) is 0 Å². The molecular formula is C69H56Br4K2O18S4. The topological polar surface area (TPSA) is 269 Å². The summed E-state index contributed by atoms with van der Waals surface area (Å²) in [6.07, 6.45) is 21.8. The van der Waals surface area contributed by atoms with Crippen LogP contribution >= 0.6 is 87.2 Å². The molecule has 0 saturated carbocycles. The minimum absolute atomic E-state index is 0. The normalized spacial score (nSPS) is 11.3. The first kappa shape index (κ1) is 81.2. The average molecular weight is 1700 g/mol. The fourth-order valence-electron chi connectivity index (χ4n) is 9.05. The van der Waals surface area contributed by atoms with Gasteiger partial charge in [-0.2, -0.15) is 11.8 Å². The summed E-state index contributed by atoms with van der Waals surface area (Å²) in [4.78, 5) is 32.9. The van der Waals surface area contributed by atoms with Gasteiger partial charge in [-0.15, -0.1) is 11.8 Å². The maximum Gasteiger partial charge on any atom is 1.00 e. The van der Waals surface area contributed by atoms with Gasteiger partial charge in [-0.25, -0.2) is 0 Å². The van der Waals surface area contributed by atoms with Crippen LogP contribution in [0.15, 0.2) is 226 Å². The summed E-state index contributed by atoms with van der Waals surface area (Å²) in [7, 11) is -1.67. The van der Waals surface area contributed by atoms with Crippen molar-refractivity contribution in [3.8, 4) is 23.0 Å². The number of carbonyl (C=O) groups excluding carboxylic acids is 3. The third kappa shape index (κ3) is 22.4. The first-order valence-electron chi connectivity index (χ1n) is 27.7. The van der Waals surface area contributed by atoms with Crippen molar-refractivity contribution in [1.29, 1.82) is 0 Å². The van der Waals surface area contributed by atoms with E-state index in [1.54, 1.807) is 98.3 Å². The average Bonchev–Trinajstić information content (AvgIpc) is 1.55. The molecule has 14 rings (SSSR count). The number of benzene rings is 7. The Kier molecular flexibility index (Phi) is 34.5. The Bertz CT molecular complexity index is 4980. The number of rotatable bonds is 15. The second-order valence-electron chi connectivity index (χ2n) is 19.6. The fourth-order valence-corrected chi connectivity index (χ4v) is 14.0. The molecule has 18 nitrogen and oxygen atoms in total. The third-order valence-electron chi connectivity index (χ3n) is 13.3.